The Labute approximate surface area is 142 Å². The number of anilines is 1. The van der Waals surface area contributed by atoms with Gasteiger partial charge in [0.2, 0.25) is 5.13 Å². The first-order valence-corrected chi connectivity index (χ1v) is 8.41. The number of rotatable bonds is 4. The molecule has 0 unspecified atom stereocenters. The number of nitrogens with one attached hydrogen (secondary N) is 2. The first-order valence-electron chi connectivity index (χ1n) is 7.60. The number of methoxy groups -OCH3 is 1. The predicted molar refractivity (Wildman–Crippen MR) is 90.5 cm³/mol. The minimum absolute atomic E-state index is 0.244. The van der Waals surface area contributed by atoms with Crippen LogP contribution in [0.25, 0.3) is 10.6 Å². The number of fused-ring (bicyclic) bond motifs is 1. The number of hydrogen-bond acceptors (Lipinski definition) is 6. The summed E-state index contributed by atoms with van der Waals surface area (Å²) in [7, 11) is 1.62. The van der Waals surface area contributed by atoms with E-state index in [-0.39, 0.29) is 5.91 Å². The van der Waals surface area contributed by atoms with Crippen molar-refractivity contribution in [2.45, 2.75) is 19.3 Å². The van der Waals surface area contributed by atoms with Gasteiger partial charge in [-0.1, -0.05) is 11.3 Å². The van der Waals surface area contributed by atoms with Gasteiger partial charge in [0.15, 0.2) is 5.69 Å². The second-order valence-electron chi connectivity index (χ2n) is 5.48. The van der Waals surface area contributed by atoms with Gasteiger partial charge >= 0.3 is 0 Å². The number of ether oxygens (including phenoxy) is 1. The van der Waals surface area contributed by atoms with Crippen molar-refractivity contribution in [1.29, 1.82) is 0 Å². The summed E-state index contributed by atoms with van der Waals surface area (Å²) in [4.78, 5) is 12.4. The highest BCUT2D eigenvalue weighted by atomic mass is 32.1. The van der Waals surface area contributed by atoms with E-state index < -0.39 is 0 Å². The van der Waals surface area contributed by atoms with Crippen molar-refractivity contribution >= 4 is 22.4 Å². The van der Waals surface area contributed by atoms with Crippen molar-refractivity contribution < 1.29 is 9.53 Å². The van der Waals surface area contributed by atoms with Gasteiger partial charge in [0.05, 0.1) is 7.11 Å². The number of H-pyrrole nitrogens is 1. The predicted octanol–water partition coefficient (Wildman–Crippen LogP) is 2.68. The molecule has 122 valence electrons. The van der Waals surface area contributed by atoms with Crippen LogP contribution in [-0.2, 0) is 12.8 Å². The van der Waals surface area contributed by atoms with Crippen molar-refractivity contribution in [1.82, 2.24) is 20.4 Å². The van der Waals surface area contributed by atoms with Gasteiger partial charge in [-0.05, 0) is 43.5 Å². The van der Waals surface area contributed by atoms with Crippen molar-refractivity contribution in [3.05, 3.63) is 41.2 Å². The minimum atomic E-state index is -0.244. The summed E-state index contributed by atoms with van der Waals surface area (Å²) >= 11 is 1.33. The maximum absolute atomic E-state index is 12.4. The third-order valence-electron chi connectivity index (χ3n) is 4.00. The van der Waals surface area contributed by atoms with Crippen LogP contribution in [0.1, 0.15) is 28.2 Å². The number of aromatic amines is 1. The van der Waals surface area contributed by atoms with Crippen molar-refractivity contribution in [3.8, 4) is 16.3 Å². The summed E-state index contributed by atoms with van der Waals surface area (Å²) < 4.78 is 5.14. The normalized spacial score (nSPS) is 12.9. The molecular weight excluding hydrogens is 326 g/mol. The summed E-state index contributed by atoms with van der Waals surface area (Å²) in [6.45, 7) is 0. The van der Waals surface area contributed by atoms with Gasteiger partial charge in [-0.25, -0.2) is 0 Å². The molecule has 0 spiro atoms. The molecule has 2 heterocycles. The van der Waals surface area contributed by atoms with Gasteiger partial charge in [-0.3, -0.25) is 15.2 Å². The molecule has 1 aliphatic rings. The van der Waals surface area contributed by atoms with Gasteiger partial charge in [0.25, 0.3) is 5.91 Å². The average molecular weight is 341 g/mol. The molecule has 8 heteroatoms. The van der Waals surface area contributed by atoms with Crippen LogP contribution < -0.4 is 10.1 Å². The molecule has 0 radical (unpaired) electrons. The maximum atomic E-state index is 12.4. The number of carbonyl (C=O) groups excluding carboxylic acids is 1. The van der Waals surface area contributed by atoms with Crippen molar-refractivity contribution in [2.75, 3.05) is 12.4 Å². The number of hydrogen-bond donors (Lipinski definition) is 2. The summed E-state index contributed by atoms with van der Waals surface area (Å²) in [5.74, 6) is 0.538. The van der Waals surface area contributed by atoms with E-state index in [4.69, 9.17) is 4.74 Å². The van der Waals surface area contributed by atoms with Crippen molar-refractivity contribution in [3.63, 3.8) is 0 Å². The van der Waals surface area contributed by atoms with Crippen LogP contribution in [-0.4, -0.2) is 33.4 Å². The second-order valence-corrected chi connectivity index (χ2v) is 6.46. The third-order valence-corrected chi connectivity index (χ3v) is 4.89. The van der Waals surface area contributed by atoms with Crippen molar-refractivity contribution in [2.24, 2.45) is 0 Å². The molecule has 0 atom stereocenters. The number of carbonyl (C=O) groups is 1. The van der Waals surface area contributed by atoms with Crippen LogP contribution >= 0.6 is 11.3 Å². The fourth-order valence-electron chi connectivity index (χ4n) is 2.79. The Morgan fingerprint density at radius 3 is 2.88 bits per heavy atom. The number of benzene rings is 1. The van der Waals surface area contributed by atoms with Gasteiger partial charge in [-0.2, -0.15) is 5.10 Å². The molecule has 2 N–H and O–H groups in total. The molecule has 4 rings (SSSR count). The van der Waals surface area contributed by atoms with Crippen LogP contribution in [0.3, 0.4) is 0 Å². The molecule has 1 amide bonds. The Morgan fingerprint density at radius 2 is 2.08 bits per heavy atom. The molecule has 1 aromatic carbocycles. The second kappa shape index (κ2) is 6.04. The Hall–Kier alpha value is -2.74. The van der Waals surface area contributed by atoms with E-state index in [1.165, 1.54) is 11.3 Å². The van der Waals surface area contributed by atoms with Gasteiger partial charge < -0.3 is 4.74 Å². The zero-order valence-corrected chi connectivity index (χ0v) is 13.8. The van der Waals surface area contributed by atoms with E-state index >= 15 is 0 Å². The Kier molecular flexibility index (Phi) is 3.73. The number of aryl methyl sites for hydroxylation is 1. The summed E-state index contributed by atoms with van der Waals surface area (Å²) in [6.07, 6.45) is 2.90. The zero-order chi connectivity index (χ0) is 16.5. The molecule has 1 aliphatic carbocycles. The Bertz CT molecular complexity index is 884. The van der Waals surface area contributed by atoms with E-state index in [0.717, 1.165) is 46.8 Å². The highest BCUT2D eigenvalue weighted by molar-refractivity contribution is 7.18. The quantitative estimate of drug-likeness (QED) is 0.761. The largest absolute Gasteiger partial charge is 0.497 e. The molecule has 24 heavy (non-hydrogen) atoms. The lowest BCUT2D eigenvalue weighted by Crippen LogP contribution is -2.14. The molecule has 2 aromatic heterocycles. The Balaban J connectivity index is 1.51. The molecule has 0 bridgehead atoms. The summed E-state index contributed by atoms with van der Waals surface area (Å²) in [5, 5.41) is 19.2. The average Bonchev–Trinajstić information content (AvgIpc) is 3.31. The van der Waals surface area contributed by atoms with E-state index in [0.29, 0.717) is 10.8 Å². The van der Waals surface area contributed by atoms with E-state index in [2.05, 4.69) is 25.7 Å². The molecular formula is C16H15N5O2S. The summed E-state index contributed by atoms with van der Waals surface area (Å²) in [5.41, 5.74) is 3.47. The lowest BCUT2D eigenvalue weighted by Gasteiger charge is -2.00. The minimum Gasteiger partial charge on any atom is -0.497 e. The Morgan fingerprint density at radius 1 is 1.25 bits per heavy atom. The highest BCUT2D eigenvalue weighted by Crippen LogP contribution is 2.29. The lowest BCUT2D eigenvalue weighted by atomic mass is 10.2. The van der Waals surface area contributed by atoms with Gasteiger partial charge in [0, 0.05) is 16.8 Å². The molecule has 0 saturated carbocycles. The van der Waals surface area contributed by atoms with Crippen LogP contribution in [0, 0.1) is 0 Å². The van der Waals surface area contributed by atoms with Gasteiger partial charge in [0.1, 0.15) is 10.8 Å². The molecule has 0 fully saturated rings. The summed E-state index contributed by atoms with van der Waals surface area (Å²) in [6, 6.07) is 7.54. The first-order chi connectivity index (χ1) is 11.7. The lowest BCUT2D eigenvalue weighted by molar-refractivity contribution is 0.102. The van der Waals surface area contributed by atoms with E-state index in [1.54, 1.807) is 7.11 Å². The monoisotopic (exact) mass is 341 g/mol. The molecule has 0 aliphatic heterocycles. The molecule has 7 nitrogen and oxygen atoms in total. The maximum Gasteiger partial charge on any atom is 0.278 e. The fraction of sp³-hybridized carbons (Fsp3) is 0.250. The smallest absolute Gasteiger partial charge is 0.278 e. The third kappa shape index (κ3) is 2.65. The standard InChI is InChI=1S/C16H15N5O2S/c1-23-10-7-5-9(6-8-10)15-20-21-16(24-15)17-14(22)13-11-3-2-4-12(11)18-19-13/h5-8H,2-4H2,1H3,(H,18,19)(H,17,21,22). The first kappa shape index (κ1) is 14.8. The molecule has 0 saturated heterocycles. The number of amides is 1. The van der Waals surface area contributed by atoms with E-state index in [9.17, 15) is 4.79 Å². The van der Waals surface area contributed by atoms with Crippen LogP contribution in [0.5, 0.6) is 5.75 Å². The zero-order valence-electron chi connectivity index (χ0n) is 13.0. The highest BCUT2D eigenvalue weighted by Gasteiger charge is 2.23. The molecule has 3 aromatic rings. The number of aromatic nitrogens is 4. The topological polar surface area (TPSA) is 92.8 Å². The van der Waals surface area contributed by atoms with Crippen LogP contribution in [0.2, 0.25) is 0 Å². The number of nitrogens with zero attached hydrogens (tertiary/aromatic N) is 3. The van der Waals surface area contributed by atoms with Crippen LogP contribution in [0.15, 0.2) is 24.3 Å². The van der Waals surface area contributed by atoms with Gasteiger partial charge in [-0.15, -0.1) is 10.2 Å². The fourth-order valence-corrected chi connectivity index (χ4v) is 3.53. The van der Waals surface area contributed by atoms with Crippen LogP contribution in [0.4, 0.5) is 5.13 Å². The van der Waals surface area contributed by atoms with E-state index in [1.807, 2.05) is 24.3 Å². The SMILES string of the molecule is COc1ccc(-c2nnc(NC(=O)c3n[nH]c4c3CCC4)s2)cc1.